The predicted octanol–water partition coefficient (Wildman–Crippen LogP) is 0.511. The number of nitrogens with zero attached hydrogens (tertiary/aromatic N) is 3. The van der Waals surface area contributed by atoms with E-state index < -0.39 is 6.04 Å². The van der Waals surface area contributed by atoms with E-state index in [0.29, 0.717) is 5.69 Å². The summed E-state index contributed by atoms with van der Waals surface area (Å²) in [6, 6.07) is -0.510. The second-order valence-electron chi connectivity index (χ2n) is 4.30. The van der Waals surface area contributed by atoms with Crippen LogP contribution in [0.5, 0.6) is 0 Å². The van der Waals surface area contributed by atoms with Gasteiger partial charge in [0.1, 0.15) is 0 Å². The molecule has 0 saturated carbocycles. The Hall–Kier alpha value is -1.40. The summed E-state index contributed by atoms with van der Waals surface area (Å²) >= 11 is 0. The molecule has 1 amide bonds. The van der Waals surface area contributed by atoms with Crippen LogP contribution in [0.2, 0.25) is 0 Å². The van der Waals surface area contributed by atoms with Gasteiger partial charge in [0.25, 0.3) is 0 Å². The van der Waals surface area contributed by atoms with Crippen molar-refractivity contribution in [2.24, 2.45) is 5.73 Å². The van der Waals surface area contributed by atoms with E-state index in [9.17, 15) is 4.79 Å². The third-order valence-electron chi connectivity index (χ3n) is 2.85. The van der Waals surface area contributed by atoms with Crippen LogP contribution in [0.3, 0.4) is 0 Å². The number of nitrogens with one attached hydrogen (secondary N) is 1. The minimum absolute atomic E-state index is 0.196. The summed E-state index contributed by atoms with van der Waals surface area (Å²) in [6.45, 7) is 9.77. The predicted molar refractivity (Wildman–Crippen MR) is 72.3 cm³/mol. The lowest BCUT2D eigenvalue weighted by Crippen LogP contribution is -2.32. The van der Waals surface area contributed by atoms with Crippen molar-refractivity contribution >= 4 is 11.6 Å². The Morgan fingerprint density at radius 2 is 2.22 bits per heavy atom. The lowest BCUT2D eigenvalue weighted by atomic mass is 10.3. The number of rotatable bonds is 7. The van der Waals surface area contributed by atoms with Gasteiger partial charge in [-0.1, -0.05) is 13.8 Å². The molecular formula is C12H23N5O. The van der Waals surface area contributed by atoms with E-state index in [2.05, 4.69) is 29.2 Å². The second kappa shape index (κ2) is 7.13. The maximum absolute atomic E-state index is 11.4. The molecule has 1 heterocycles. The van der Waals surface area contributed by atoms with E-state index >= 15 is 0 Å². The summed E-state index contributed by atoms with van der Waals surface area (Å²) < 4.78 is 1.83. The van der Waals surface area contributed by atoms with E-state index in [-0.39, 0.29) is 5.91 Å². The zero-order valence-electron chi connectivity index (χ0n) is 11.4. The van der Waals surface area contributed by atoms with Crippen LogP contribution in [0.25, 0.3) is 0 Å². The average molecular weight is 253 g/mol. The summed E-state index contributed by atoms with van der Waals surface area (Å²) in [7, 11) is 0. The number of hydrogen-bond acceptors (Lipinski definition) is 4. The number of carbonyl (C=O) groups is 1. The Bertz CT molecular complexity index is 370. The van der Waals surface area contributed by atoms with Gasteiger partial charge in [-0.05, 0) is 20.0 Å². The van der Waals surface area contributed by atoms with Gasteiger partial charge in [0.15, 0.2) is 0 Å². The molecule has 0 unspecified atom stereocenters. The molecule has 0 aliphatic rings. The third-order valence-corrected chi connectivity index (χ3v) is 2.85. The van der Waals surface area contributed by atoms with Gasteiger partial charge in [-0.15, -0.1) is 0 Å². The van der Waals surface area contributed by atoms with Crippen molar-refractivity contribution in [2.45, 2.75) is 33.4 Å². The quantitative estimate of drug-likeness (QED) is 0.742. The summed E-state index contributed by atoms with van der Waals surface area (Å²) in [5.74, 6) is -0.196. The molecule has 0 saturated heterocycles. The minimum Gasteiger partial charge on any atom is -0.322 e. The van der Waals surface area contributed by atoms with Crippen LogP contribution in [-0.4, -0.2) is 46.3 Å². The molecular weight excluding hydrogens is 230 g/mol. The van der Waals surface area contributed by atoms with Crippen molar-refractivity contribution in [1.82, 2.24) is 14.7 Å². The van der Waals surface area contributed by atoms with Gasteiger partial charge in [-0.3, -0.25) is 9.48 Å². The number of hydrogen-bond donors (Lipinski definition) is 2. The van der Waals surface area contributed by atoms with E-state index in [1.165, 1.54) is 0 Å². The van der Waals surface area contributed by atoms with Crippen molar-refractivity contribution in [2.75, 3.05) is 25.0 Å². The van der Waals surface area contributed by atoms with Crippen LogP contribution in [0.15, 0.2) is 12.4 Å². The van der Waals surface area contributed by atoms with Crippen LogP contribution in [0.4, 0.5) is 5.69 Å². The molecule has 0 fully saturated rings. The average Bonchev–Trinajstić information content (AvgIpc) is 2.78. The Balaban J connectivity index is 2.45. The van der Waals surface area contributed by atoms with Gasteiger partial charge in [-0.2, -0.15) is 5.10 Å². The number of likely N-dealkylation sites (N-methyl/N-ethyl adjacent to an activating group) is 1. The maximum Gasteiger partial charge on any atom is 0.241 e. The van der Waals surface area contributed by atoms with E-state index in [4.69, 9.17) is 5.73 Å². The first-order chi connectivity index (χ1) is 8.56. The highest BCUT2D eigenvalue weighted by Gasteiger charge is 2.08. The standard InChI is InChI=1S/C12H23N5O/c1-4-16(5-2)6-7-17-9-11(8-14-17)15-12(18)10(3)13/h8-10H,4-7,13H2,1-3H3,(H,15,18)/t10-/m0/s1. The number of anilines is 1. The van der Waals surface area contributed by atoms with Crippen LogP contribution in [-0.2, 0) is 11.3 Å². The number of amides is 1. The molecule has 0 radical (unpaired) electrons. The summed E-state index contributed by atoms with van der Waals surface area (Å²) in [6.07, 6.45) is 3.46. The molecule has 3 N–H and O–H groups in total. The number of carbonyl (C=O) groups excluding carboxylic acids is 1. The van der Waals surface area contributed by atoms with Crippen molar-refractivity contribution in [1.29, 1.82) is 0 Å². The summed E-state index contributed by atoms with van der Waals surface area (Å²) in [5, 5.41) is 6.92. The maximum atomic E-state index is 11.4. The monoisotopic (exact) mass is 253 g/mol. The molecule has 1 aromatic heterocycles. The highest BCUT2D eigenvalue weighted by atomic mass is 16.2. The first-order valence-electron chi connectivity index (χ1n) is 6.38. The SMILES string of the molecule is CCN(CC)CCn1cc(NC(=O)[C@H](C)N)cn1. The minimum atomic E-state index is -0.510. The fourth-order valence-electron chi connectivity index (χ4n) is 1.59. The Labute approximate surface area is 108 Å². The van der Waals surface area contributed by atoms with Gasteiger partial charge >= 0.3 is 0 Å². The normalized spacial score (nSPS) is 12.7. The number of nitrogens with two attached hydrogens (primary N) is 1. The lowest BCUT2D eigenvalue weighted by Gasteiger charge is -2.17. The van der Waals surface area contributed by atoms with E-state index in [1.54, 1.807) is 13.1 Å². The highest BCUT2D eigenvalue weighted by molar-refractivity contribution is 5.94. The van der Waals surface area contributed by atoms with Crippen molar-refractivity contribution < 1.29 is 4.79 Å². The van der Waals surface area contributed by atoms with Crippen molar-refractivity contribution in [3.8, 4) is 0 Å². The van der Waals surface area contributed by atoms with Gasteiger partial charge in [0.2, 0.25) is 5.91 Å². The largest absolute Gasteiger partial charge is 0.322 e. The van der Waals surface area contributed by atoms with Gasteiger partial charge in [0.05, 0.1) is 24.5 Å². The molecule has 0 aliphatic heterocycles. The molecule has 1 rings (SSSR count). The molecule has 6 nitrogen and oxygen atoms in total. The fourth-order valence-corrected chi connectivity index (χ4v) is 1.59. The van der Waals surface area contributed by atoms with Crippen LogP contribution in [0.1, 0.15) is 20.8 Å². The van der Waals surface area contributed by atoms with Gasteiger partial charge in [0, 0.05) is 12.7 Å². The Kier molecular flexibility index (Phi) is 5.80. The second-order valence-corrected chi connectivity index (χ2v) is 4.30. The van der Waals surface area contributed by atoms with Crippen LogP contribution < -0.4 is 11.1 Å². The van der Waals surface area contributed by atoms with E-state index in [0.717, 1.165) is 26.2 Å². The molecule has 0 aromatic carbocycles. The number of aromatic nitrogens is 2. The third kappa shape index (κ3) is 4.46. The van der Waals surface area contributed by atoms with Gasteiger partial charge < -0.3 is 16.0 Å². The molecule has 1 atom stereocenters. The molecule has 18 heavy (non-hydrogen) atoms. The topological polar surface area (TPSA) is 76.2 Å². The Morgan fingerprint density at radius 1 is 1.56 bits per heavy atom. The lowest BCUT2D eigenvalue weighted by molar-refractivity contribution is -0.117. The van der Waals surface area contributed by atoms with E-state index in [1.807, 2.05) is 10.9 Å². The zero-order chi connectivity index (χ0) is 13.5. The first-order valence-corrected chi connectivity index (χ1v) is 6.38. The van der Waals surface area contributed by atoms with Crippen LogP contribution in [0, 0.1) is 0 Å². The molecule has 0 bridgehead atoms. The summed E-state index contributed by atoms with van der Waals surface area (Å²) in [5.41, 5.74) is 6.17. The fraction of sp³-hybridized carbons (Fsp3) is 0.667. The molecule has 0 aliphatic carbocycles. The first kappa shape index (κ1) is 14.7. The van der Waals surface area contributed by atoms with Gasteiger partial charge in [-0.25, -0.2) is 0 Å². The molecule has 6 heteroatoms. The zero-order valence-corrected chi connectivity index (χ0v) is 11.4. The molecule has 0 spiro atoms. The Morgan fingerprint density at radius 3 is 2.78 bits per heavy atom. The molecule has 1 aromatic rings. The summed E-state index contributed by atoms with van der Waals surface area (Å²) in [4.78, 5) is 13.7. The van der Waals surface area contributed by atoms with Crippen molar-refractivity contribution in [3.05, 3.63) is 12.4 Å². The molecule has 102 valence electrons. The highest BCUT2D eigenvalue weighted by Crippen LogP contribution is 2.05. The van der Waals surface area contributed by atoms with Crippen LogP contribution >= 0.6 is 0 Å². The van der Waals surface area contributed by atoms with Crippen molar-refractivity contribution in [3.63, 3.8) is 0 Å². The smallest absolute Gasteiger partial charge is 0.241 e.